The number of benzene rings is 2. The first-order valence-corrected chi connectivity index (χ1v) is 9.73. The third-order valence-electron chi connectivity index (χ3n) is 4.23. The highest BCUT2D eigenvalue weighted by atomic mass is 32.2. The summed E-state index contributed by atoms with van der Waals surface area (Å²) in [4.78, 5) is 18.8. The minimum absolute atomic E-state index is 0.0480. The van der Waals surface area contributed by atoms with Crippen molar-refractivity contribution in [3.63, 3.8) is 0 Å². The van der Waals surface area contributed by atoms with Gasteiger partial charge in [0, 0.05) is 37.9 Å². The largest absolute Gasteiger partial charge is 0.378 e. The standard InChI is InChI=1S/C21H24N4OS/c1-15-5-6-16(2)19(13-15)25-12-11-22-21(25)27-14-20(26)23-17-7-9-18(10-8-17)24(3)4/h5-13H,14H2,1-4H3,(H,23,26). The quantitative estimate of drug-likeness (QED) is 0.648. The number of thioether (sulfide) groups is 1. The second-order valence-corrected chi connectivity index (χ2v) is 7.59. The maximum absolute atomic E-state index is 12.3. The lowest BCUT2D eigenvalue weighted by atomic mass is 10.1. The summed E-state index contributed by atoms with van der Waals surface area (Å²) in [7, 11) is 3.98. The average molecular weight is 381 g/mol. The highest BCUT2D eigenvalue weighted by Crippen LogP contribution is 2.24. The summed E-state index contributed by atoms with van der Waals surface area (Å²) in [5, 5.41) is 3.74. The fraction of sp³-hybridized carbons (Fsp3) is 0.238. The van der Waals surface area contributed by atoms with E-state index in [0.29, 0.717) is 5.75 Å². The molecule has 0 radical (unpaired) electrons. The van der Waals surface area contributed by atoms with Gasteiger partial charge < -0.3 is 10.2 Å². The van der Waals surface area contributed by atoms with E-state index in [4.69, 9.17) is 0 Å². The molecule has 0 aliphatic carbocycles. The van der Waals surface area contributed by atoms with Crippen molar-refractivity contribution < 1.29 is 4.79 Å². The van der Waals surface area contributed by atoms with E-state index in [2.05, 4.69) is 42.3 Å². The van der Waals surface area contributed by atoms with Crippen LogP contribution < -0.4 is 10.2 Å². The number of aryl methyl sites for hydroxylation is 2. The van der Waals surface area contributed by atoms with E-state index < -0.39 is 0 Å². The number of hydrogen-bond donors (Lipinski definition) is 1. The van der Waals surface area contributed by atoms with Crippen molar-refractivity contribution >= 4 is 29.0 Å². The molecule has 3 rings (SSSR count). The average Bonchev–Trinajstić information content (AvgIpc) is 3.11. The molecule has 1 amide bonds. The first kappa shape index (κ1) is 19.0. The molecule has 2 aromatic carbocycles. The second-order valence-electron chi connectivity index (χ2n) is 6.65. The summed E-state index contributed by atoms with van der Waals surface area (Å²) >= 11 is 1.43. The summed E-state index contributed by atoms with van der Waals surface area (Å²) < 4.78 is 2.03. The van der Waals surface area contributed by atoms with Crippen LogP contribution in [0.25, 0.3) is 5.69 Å². The van der Waals surface area contributed by atoms with Gasteiger partial charge >= 0.3 is 0 Å². The van der Waals surface area contributed by atoms with Gasteiger partial charge in [0.2, 0.25) is 5.91 Å². The van der Waals surface area contributed by atoms with Gasteiger partial charge in [-0.1, -0.05) is 23.9 Å². The van der Waals surface area contributed by atoms with E-state index >= 15 is 0 Å². The van der Waals surface area contributed by atoms with Gasteiger partial charge in [0.05, 0.1) is 11.4 Å². The first-order chi connectivity index (χ1) is 12.9. The van der Waals surface area contributed by atoms with Crippen molar-refractivity contribution in [1.29, 1.82) is 0 Å². The lowest BCUT2D eigenvalue weighted by molar-refractivity contribution is -0.113. The van der Waals surface area contributed by atoms with Crippen molar-refractivity contribution in [2.75, 3.05) is 30.1 Å². The molecule has 0 unspecified atom stereocenters. The molecule has 0 aliphatic rings. The Balaban J connectivity index is 1.65. The molecule has 5 nitrogen and oxygen atoms in total. The number of aromatic nitrogens is 2. The van der Waals surface area contributed by atoms with Gasteiger partial charge in [-0.15, -0.1) is 0 Å². The molecule has 1 N–H and O–H groups in total. The van der Waals surface area contributed by atoms with Crippen molar-refractivity contribution in [3.05, 3.63) is 66.0 Å². The number of carbonyl (C=O) groups excluding carboxylic acids is 1. The van der Waals surface area contributed by atoms with Crippen LogP contribution in [0.2, 0.25) is 0 Å². The Morgan fingerprint density at radius 2 is 1.89 bits per heavy atom. The zero-order chi connectivity index (χ0) is 19.4. The number of hydrogen-bond acceptors (Lipinski definition) is 4. The van der Waals surface area contributed by atoms with E-state index in [1.807, 2.05) is 54.0 Å². The molecule has 27 heavy (non-hydrogen) atoms. The fourth-order valence-electron chi connectivity index (χ4n) is 2.73. The van der Waals surface area contributed by atoms with E-state index in [0.717, 1.165) is 22.2 Å². The second kappa shape index (κ2) is 8.31. The van der Waals surface area contributed by atoms with Crippen LogP contribution in [-0.4, -0.2) is 35.3 Å². The third kappa shape index (κ3) is 4.71. The number of nitrogens with one attached hydrogen (secondary N) is 1. The van der Waals surface area contributed by atoms with Crippen molar-refractivity contribution in [1.82, 2.24) is 9.55 Å². The lowest BCUT2D eigenvalue weighted by Crippen LogP contribution is -2.15. The molecular formula is C21H24N4OS. The van der Waals surface area contributed by atoms with Crippen molar-refractivity contribution in [2.24, 2.45) is 0 Å². The molecule has 0 fully saturated rings. The Kier molecular flexibility index (Phi) is 5.86. The smallest absolute Gasteiger partial charge is 0.234 e. The highest BCUT2D eigenvalue weighted by molar-refractivity contribution is 7.99. The molecule has 0 saturated heterocycles. The van der Waals surface area contributed by atoms with Crippen molar-refractivity contribution in [2.45, 2.75) is 19.0 Å². The molecule has 0 aliphatic heterocycles. The van der Waals surface area contributed by atoms with Crippen LogP contribution in [0.5, 0.6) is 0 Å². The number of anilines is 2. The van der Waals surface area contributed by atoms with Gasteiger partial charge in [-0.25, -0.2) is 4.98 Å². The van der Waals surface area contributed by atoms with E-state index in [1.165, 1.54) is 22.9 Å². The Bertz CT molecular complexity index is 932. The molecule has 140 valence electrons. The minimum atomic E-state index is -0.0480. The molecule has 6 heteroatoms. The first-order valence-electron chi connectivity index (χ1n) is 8.75. The third-order valence-corrected chi connectivity index (χ3v) is 5.20. The summed E-state index contributed by atoms with van der Waals surface area (Å²) in [5.41, 5.74) is 5.35. The van der Waals surface area contributed by atoms with Gasteiger partial charge in [-0.2, -0.15) is 0 Å². The minimum Gasteiger partial charge on any atom is -0.378 e. The van der Waals surface area contributed by atoms with Crippen LogP contribution >= 0.6 is 11.8 Å². The number of amides is 1. The monoisotopic (exact) mass is 380 g/mol. The predicted molar refractivity (Wildman–Crippen MR) is 113 cm³/mol. The van der Waals surface area contributed by atoms with Crippen LogP contribution in [-0.2, 0) is 4.79 Å². The number of rotatable bonds is 6. The normalized spacial score (nSPS) is 10.7. The van der Waals surface area contributed by atoms with Gasteiger partial charge in [0.15, 0.2) is 5.16 Å². The molecule has 3 aromatic rings. The maximum atomic E-state index is 12.3. The van der Waals surface area contributed by atoms with E-state index in [-0.39, 0.29) is 5.91 Å². The summed E-state index contributed by atoms with van der Waals surface area (Å²) in [5.74, 6) is 0.255. The van der Waals surface area contributed by atoms with E-state index in [9.17, 15) is 4.79 Å². The van der Waals surface area contributed by atoms with Crippen molar-refractivity contribution in [3.8, 4) is 5.69 Å². The van der Waals surface area contributed by atoms with Crippen LogP contribution in [0.15, 0.2) is 60.0 Å². The zero-order valence-corrected chi connectivity index (χ0v) is 16.9. The molecule has 0 saturated carbocycles. The maximum Gasteiger partial charge on any atom is 0.234 e. The van der Waals surface area contributed by atoms with Gasteiger partial charge in [0.1, 0.15) is 0 Å². The molecule has 1 heterocycles. The molecule has 0 bridgehead atoms. The topological polar surface area (TPSA) is 50.2 Å². The highest BCUT2D eigenvalue weighted by Gasteiger charge is 2.11. The summed E-state index contributed by atoms with van der Waals surface area (Å²) in [6, 6.07) is 14.1. The van der Waals surface area contributed by atoms with Crippen LogP contribution in [0, 0.1) is 13.8 Å². The number of nitrogens with zero attached hydrogens (tertiary/aromatic N) is 3. The van der Waals surface area contributed by atoms with Gasteiger partial charge in [0.25, 0.3) is 0 Å². The fourth-order valence-corrected chi connectivity index (χ4v) is 3.49. The number of carbonyl (C=O) groups is 1. The lowest BCUT2D eigenvalue weighted by Gasteiger charge is -2.13. The molecule has 1 aromatic heterocycles. The zero-order valence-electron chi connectivity index (χ0n) is 16.1. The number of imidazole rings is 1. The summed E-state index contributed by atoms with van der Waals surface area (Å²) in [6.45, 7) is 4.15. The van der Waals surface area contributed by atoms with Gasteiger partial charge in [-0.3, -0.25) is 9.36 Å². The SMILES string of the molecule is Cc1ccc(C)c(-n2ccnc2SCC(=O)Nc2ccc(N(C)C)cc2)c1. The Labute approximate surface area is 164 Å². The van der Waals surface area contributed by atoms with Gasteiger partial charge in [-0.05, 0) is 55.3 Å². The van der Waals surface area contributed by atoms with Crippen LogP contribution in [0.1, 0.15) is 11.1 Å². The van der Waals surface area contributed by atoms with Crippen LogP contribution in [0.4, 0.5) is 11.4 Å². The predicted octanol–water partition coefficient (Wildman–Crippen LogP) is 4.29. The molecule has 0 atom stereocenters. The summed E-state index contributed by atoms with van der Waals surface area (Å²) in [6.07, 6.45) is 3.70. The Morgan fingerprint density at radius 1 is 1.15 bits per heavy atom. The Hall–Kier alpha value is -2.73. The molecule has 0 spiro atoms. The van der Waals surface area contributed by atoms with E-state index in [1.54, 1.807) is 6.20 Å². The van der Waals surface area contributed by atoms with Crippen LogP contribution in [0.3, 0.4) is 0 Å². The Morgan fingerprint density at radius 3 is 2.59 bits per heavy atom. The molecular weight excluding hydrogens is 356 g/mol.